The molecule has 0 fully saturated rings. The standard InChI is InChI=1S/C14H18FNO4/c1-3-9(2)13(17)16-8-12(14(18)19)20-11-6-4-10(15)5-7-11/h4-7,9,12H,3,8H2,1-2H3,(H,16,17)(H,18,19). The molecular weight excluding hydrogens is 265 g/mol. The predicted octanol–water partition coefficient (Wildman–Crippen LogP) is 1.82. The molecule has 0 bridgehead atoms. The number of rotatable bonds is 7. The minimum atomic E-state index is -1.21. The molecule has 1 amide bonds. The Hall–Kier alpha value is -2.11. The van der Waals surface area contributed by atoms with Gasteiger partial charge in [0.2, 0.25) is 12.0 Å². The van der Waals surface area contributed by atoms with Crippen molar-refractivity contribution >= 4 is 11.9 Å². The lowest BCUT2D eigenvalue weighted by atomic mass is 10.1. The second kappa shape index (κ2) is 7.47. The van der Waals surface area contributed by atoms with Gasteiger partial charge in [0, 0.05) is 5.92 Å². The van der Waals surface area contributed by atoms with Gasteiger partial charge in [-0.3, -0.25) is 4.79 Å². The number of carbonyl (C=O) groups is 2. The number of nitrogens with one attached hydrogen (secondary N) is 1. The van der Waals surface area contributed by atoms with E-state index in [4.69, 9.17) is 9.84 Å². The summed E-state index contributed by atoms with van der Waals surface area (Å²) in [7, 11) is 0. The zero-order valence-electron chi connectivity index (χ0n) is 11.4. The molecule has 0 aliphatic heterocycles. The van der Waals surface area contributed by atoms with Crippen LogP contribution in [-0.4, -0.2) is 29.6 Å². The molecule has 2 unspecified atom stereocenters. The molecule has 0 radical (unpaired) electrons. The molecule has 0 aliphatic rings. The lowest BCUT2D eigenvalue weighted by Crippen LogP contribution is -2.42. The molecule has 0 aliphatic carbocycles. The van der Waals surface area contributed by atoms with Gasteiger partial charge in [-0.1, -0.05) is 13.8 Å². The van der Waals surface area contributed by atoms with E-state index >= 15 is 0 Å². The molecule has 1 aromatic carbocycles. The molecule has 0 saturated heterocycles. The zero-order chi connectivity index (χ0) is 15.1. The fourth-order valence-electron chi connectivity index (χ4n) is 1.41. The van der Waals surface area contributed by atoms with E-state index in [1.165, 1.54) is 24.3 Å². The van der Waals surface area contributed by atoms with E-state index in [2.05, 4.69) is 5.32 Å². The molecule has 0 aromatic heterocycles. The van der Waals surface area contributed by atoms with Crippen molar-refractivity contribution in [2.75, 3.05) is 6.54 Å². The summed E-state index contributed by atoms with van der Waals surface area (Å²) < 4.78 is 17.9. The highest BCUT2D eigenvalue weighted by Crippen LogP contribution is 2.13. The second-order valence-corrected chi connectivity index (χ2v) is 4.45. The Bertz CT molecular complexity index is 461. The van der Waals surface area contributed by atoms with Gasteiger partial charge in [0.1, 0.15) is 11.6 Å². The lowest BCUT2D eigenvalue weighted by Gasteiger charge is -2.17. The molecule has 2 atom stereocenters. The Labute approximate surface area is 116 Å². The SMILES string of the molecule is CCC(C)C(=O)NCC(Oc1ccc(F)cc1)C(=O)O. The maximum Gasteiger partial charge on any atom is 0.346 e. The Morgan fingerprint density at radius 3 is 2.45 bits per heavy atom. The Morgan fingerprint density at radius 2 is 1.95 bits per heavy atom. The van der Waals surface area contributed by atoms with Gasteiger partial charge in [0.15, 0.2) is 0 Å². The Morgan fingerprint density at radius 1 is 1.35 bits per heavy atom. The van der Waals surface area contributed by atoms with Crippen molar-refractivity contribution in [3.8, 4) is 5.75 Å². The minimum absolute atomic E-state index is 0.143. The van der Waals surface area contributed by atoms with E-state index in [0.717, 1.165) is 0 Å². The van der Waals surface area contributed by atoms with Gasteiger partial charge in [-0.05, 0) is 30.7 Å². The van der Waals surface area contributed by atoms with Gasteiger partial charge >= 0.3 is 5.97 Å². The summed E-state index contributed by atoms with van der Waals surface area (Å²) in [5, 5.41) is 11.6. The van der Waals surface area contributed by atoms with E-state index in [1.807, 2.05) is 6.92 Å². The first-order valence-corrected chi connectivity index (χ1v) is 6.36. The number of amides is 1. The van der Waals surface area contributed by atoms with Gasteiger partial charge in [-0.25, -0.2) is 9.18 Å². The summed E-state index contributed by atoms with van der Waals surface area (Å²) in [6.45, 7) is 3.48. The van der Waals surface area contributed by atoms with Crippen LogP contribution >= 0.6 is 0 Å². The van der Waals surface area contributed by atoms with Gasteiger partial charge in [-0.2, -0.15) is 0 Å². The number of carbonyl (C=O) groups excluding carboxylic acids is 1. The van der Waals surface area contributed by atoms with Crippen molar-refractivity contribution in [3.05, 3.63) is 30.1 Å². The van der Waals surface area contributed by atoms with Crippen LogP contribution in [0.5, 0.6) is 5.75 Å². The Balaban J connectivity index is 2.59. The number of carboxylic acid groups (broad SMARTS) is 1. The van der Waals surface area contributed by atoms with E-state index in [-0.39, 0.29) is 24.1 Å². The maximum atomic E-state index is 12.7. The average Bonchev–Trinajstić information content (AvgIpc) is 2.43. The van der Waals surface area contributed by atoms with Crippen molar-refractivity contribution in [3.63, 3.8) is 0 Å². The van der Waals surface area contributed by atoms with Gasteiger partial charge in [0.25, 0.3) is 0 Å². The molecule has 5 nitrogen and oxygen atoms in total. The van der Waals surface area contributed by atoms with E-state index in [0.29, 0.717) is 6.42 Å². The van der Waals surface area contributed by atoms with Crippen molar-refractivity contribution in [1.82, 2.24) is 5.32 Å². The number of benzene rings is 1. The number of hydrogen-bond donors (Lipinski definition) is 2. The number of halogens is 1. The summed E-state index contributed by atoms with van der Waals surface area (Å²) in [6.07, 6.45) is -0.545. The molecule has 1 rings (SSSR count). The zero-order valence-corrected chi connectivity index (χ0v) is 11.4. The van der Waals surface area contributed by atoms with E-state index in [1.54, 1.807) is 6.92 Å². The third-order valence-corrected chi connectivity index (χ3v) is 2.89. The van der Waals surface area contributed by atoms with Crippen molar-refractivity contribution in [2.45, 2.75) is 26.4 Å². The van der Waals surface area contributed by atoms with Crippen LogP contribution in [0.4, 0.5) is 4.39 Å². The molecule has 0 heterocycles. The van der Waals surface area contributed by atoms with Crippen molar-refractivity contribution in [2.24, 2.45) is 5.92 Å². The average molecular weight is 283 g/mol. The first-order chi connectivity index (χ1) is 9.43. The minimum Gasteiger partial charge on any atom is -0.478 e. The maximum absolute atomic E-state index is 12.7. The fourth-order valence-corrected chi connectivity index (χ4v) is 1.41. The summed E-state index contributed by atoms with van der Waals surface area (Å²) in [5.41, 5.74) is 0. The third kappa shape index (κ3) is 4.87. The highest BCUT2D eigenvalue weighted by Gasteiger charge is 2.21. The van der Waals surface area contributed by atoms with Gasteiger partial charge in [-0.15, -0.1) is 0 Å². The van der Waals surface area contributed by atoms with Crippen LogP contribution in [0.3, 0.4) is 0 Å². The van der Waals surface area contributed by atoms with Crippen LogP contribution in [-0.2, 0) is 9.59 Å². The normalized spacial score (nSPS) is 13.3. The summed E-state index contributed by atoms with van der Waals surface area (Å²) in [6, 6.07) is 5.02. The van der Waals surface area contributed by atoms with Crippen LogP contribution in [0.25, 0.3) is 0 Å². The largest absolute Gasteiger partial charge is 0.478 e. The van der Waals surface area contributed by atoms with Gasteiger partial charge in [0.05, 0.1) is 6.54 Å². The molecule has 110 valence electrons. The molecular formula is C14H18FNO4. The monoisotopic (exact) mass is 283 g/mol. The number of carboxylic acids is 1. The number of aliphatic carboxylic acids is 1. The number of hydrogen-bond acceptors (Lipinski definition) is 3. The highest BCUT2D eigenvalue weighted by molar-refractivity contribution is 5.79. The van der Waals surface area contributed by atoms with Crippen molar-refractivity contribution in [1.29, 1.82) is 0 Å². The van der Waals surface area contributed by atoms with E-state index in [9.17, 15) is 14.0 Å². The summed E-state index contributed by atoms with van der Waals surface area (Å²) in [4.78, 5) is 22.7. The third-order valence-electron chi connectivity index (χ3n) is 2.89. The van der Waals surface area contributed by atoms with Crippen LogP contribution in [0.2, 0.25) is 0 Å². The Kier molecular flexibility index (Phi) is 5.96. The molecule has 1 aromatic rings. The quantitative estimate of drug-likeness (QED) is 0.800. The molecule has 20 heavy (non-hydrogen) atoms. The van der Waals surface area contributed by atoms with E-state index < -0.39 is 17.9 Å². The highest BCUT2D eigenvalue weighted by atomic mass is 19.1. The molecule has 6 heteroatoms. The fraction of sp³-hybridized carbons (Fsp3) is 0.429. The molecule has 2 N–H and O–H groups in total. The first-order valence-electron chi connectivity index (χ1n) is 6.36. The van der Waals surface area contributed by atoms with Crippen LogP contribution < -0.4 is 10.1 Å². The predicted molar refractivity (Wildman–Crippen MR) is 70.9 cm³/mol. The van der Waals surface area contributed by atoms with Crippen LogP contribution in [0.15, 0.2) is 24.3 Å². The molecule has 0 saturated carbocycles. The summed E-state index contributed by atoms with van der Waals surface area (Å²) in [5.74, 6) is -1.80. The first kappa shape index (κ1) is 15.9. The van der Waals surface area contributed by atoms with Crippen LogP contribution in [0, 0.1) is 11.7 Å². The smallest absolute Gasteiger partial charge is 0.346 e. The van der Waals surface area contributed by atoms with Gasteiger partial charge < -0.3 is 15.2 Å². The summed E-state index contributed by atoms with van der Waals surface area (Å²) >= 11 is 0. The second-order valence-electron chi connectivity index (χ2n) is 4.45. The van der Waals surface area contributed by atoms with Crippen molar-refractivity contribution < 1.29 is 23.8 Å². The molecule has 0 spiro atoms. The van der Waals surface area contributed by atoms with Crippen LogP contribution in [0.1, 0.15) is 20.3 Å². The number of ether oxygens (including phenoxy) is 1. The topological polar surface area (TPSA) is 75.6 Å². The lowest BCUT2D eigenvalue weighted by molar-refractivity contribution is -0.145.